The van der Waals surface area contributed by atoms with E-state index in [-0.39, 0.29) is 11.9 Å². The Morgan fingerprint density at radius 3 is 2.96 bits per heavy atom. The maximum absolute atomic E-state index is 12.6. The molecule has 0 spiro atoms. The number of piperidine rings is 2. The zero-order chi connectivity index (χ0) is 17.8. The fraction of sp³-hybridized carbons (Fsp3) is 0.833. The van der Waals surface area contributed by atoms with Gasteiger partial charge < -0.3 is 19.6 Å². The lowest BCUT2D eigenvalue weighted by molar-refractivity contribution is 0.0534. The lowest BCUT2D eigenvalue weighted by Crippen LogP contribution is -2.57. The zero-order valence-corrected chi connectivity index (χ0v) is 15.7. The van der Waals surface area contributed by atoms with E-state index in [4.69, 9.17) is 4.52 Å². The largest absolute Gasteiger partial charge is 0.339 e. The van der Waals surface area contributed by atoms with Crippen molar-refractivity contribution in [1.82, 2.24) is 25.3 Å². The number of urea groups is 1. The Morgan fingerprint density at radius 1 is 1.36 bits per heavy atom. The van der Waals surface area contributed by atoms with Gasteiger partial charge in [0, 0.05) is 38.0 Å². The molecule has 1 aromatic rings. The van der Waals surface area contributed by atoms with Crippen LogP contribution in [-0.4, -0.2) is 65.2 Å². The Kier molecular flexibility index (Phi) is 5.93. The number of nitrogens with zero attached hydrogens (tertiary/aromatic N) is 4. The first-order valence-electron chi connectivity index (χ1n) is 9.60. The molecule has 25 heavy (non-hydrogen) atoms. The molecule has 7 nitrogen and oxygen atoms in total. The predicted molar refractivity (Wildman–Crippen MR) is 95.4 cm³/mol. The third-order valence-electron chi connectivity index (χ3n) is 5.38. The van der Waals surface area contributed by atoms with Crippen molar-refractivity contribution in [3.05, 3.63) is 11.7 Å². The number of aromatic nitrogens is 2. The van der Waals surface area contributed by atoms with Crippen LogP contribution < -0.4 is 5.32 Å². The minimum Gasteiger partial charge on any atom is -0.339 e. The predicted octanol–water partition coefficient (Wildman–Crippen LogP) is 2.25. The number of likely N-dealkylation sites (tertiary alicyclic amines) is 2. The molecule has 2 atom stereocenters. The second-order valence-corrected chi connectivity index (χ2v) is 7.75. The van der Waals surface area contributed by atoms with Gasteiger partial charge in [-0.25, -0.2) is 4.79 Å². The van der Waals surface area contributed by atoms with Crippen LogP contribution in [-0.2, 0) is 6.42 Å². The monoisotopic (exact) mass is 349 g/mol. The number of rotatable bonds is 5. The van der Waals surface area contributed by atoms with Crippen LogP contribution in [0, 0.1) is 5.92 Å². The summed E-state index contributed by atoms with van der Waals surface area (Å²) in [5.74, 6) is 2.32. The standard InChI is InChI=1S/C18H31N5O2/c1-13(2)17-20-16(25-21-17)7-4-9-19-18(24)23-10-5-6-14-12-22(3)11-8-15(14)23/h13-15H,4-12H2,1-3H3,(H,19,24)/t14-,15+/m0/s1. The summed E-state index contributed by atoms with van der Waals surface area (Å²) in [6.45, 7) is 7.82. The highest BCUT2D eigenvalue weighted by Crippen LogP contribution is 2.30. The van der Waals surface area contributed by atoms with Gasteiger partial charge in [-0.3, -0.25) is 0 Å². The van der Waals surface area contributed by atoms with E-state index in [0.717, 1.165) is 44.7 Å². The summed E-state index contributed by atoms with van der Waals surface area (Å²) in [4.78, 5) is 21.4. The lowest BCUT2D eigenvalue weighted by Gasteiger charge is -2.46. The molecule has 0 unspecified atom stereocenters. The van der Waals surface area contributed by atoms with Crippen LogP contribution in [0.15, 0.2) is 4.52 Å². The molecular formula is C18H31N5O2. The summed E-state index contributed by atoms with van der Waals surface area (Å²) in [5.41, 5.74) is 0. The van der Waals surface area contributed by atoms with E-state index in [1.807, 2.05) is 13.8 Å². The van der Waals surface area contributed by atoms with Gasteiger partial charge in [0.2, 0.25) is 5.89 Å². The van der Waals surface area contributed by atoms with Crippen molar-refractivity contribution >= 4 is 6.03 Å². The summed E-state index contributed by atoms with van der Waals surface area (Å²) >= 11 is 0. The van der Waals surface area contributed by atoms with Gasteiger partial charge in [-0.1, -0.05) is 19.0 Å². The molecule has 7 heteroatoms. The molecule has 140 valence electrons. The van der Waals surface area contributed by atoms with Crippen molar-refractivity contribution in [3.63, 3.8) is 0 Å². The highest BCUT2D eigenvalue weighted by molar-refractivity contribution is 5.74. The van der Waals surface area contributed by atoms with E-state index in [1.54, 1.807) is 0 Å². The molecule has 0 saturated carbocycles. The molecule has 2 aliphatic heterocycles. The molecule has 1 N–H and O–H groups in total. The van der Waals surface area contributed by atoms with Gasteiger partial charge >= 0.3 is 6.03 Å². The molecule has 2 aliphatic rings. The maximum Gasteiger partial charge on any atom is 0.317 e. The molecule has 3 heterocycles. The fourth-order valence-electron chi connectivity index (χ4n) is 3.98. The van der Waals surface area contributed by atoms with E-state index in [0.29, 0.717) is 30.8 Å². The molecule has 0 bridgehead atoms. The van der Waals surface area contributed by atoms with Gasteiger partial charge in [-0.05, 0) is 45.2 Å². The van der Waals surface area contributed by atoms with Crippen LogP contribution in [0.2, 0.25) is 0 Å². The van der Waals surface area contributed by atoms with Crippen molar-refractivity contribution < 1.29 is 9.32 Å². The SMILES string of the molecule is CC(C)c1noc(CCCNC(=O)N2CCC[C@H]3CN(C)CC[C@H]32)n1. The van der Waals surface area contributed by atoms with E-state index < -0.39 is 0 Å². The van der Waals surface area contributed by atoms with Crippen LogP contribution in [0.3, 0.4) is 0 Å². The molecule has 0 aromatic carbocycles. The first-order chi connectivity index (χ1) is 12.0. The lowest BCUT2D eigenvalue weighted by atomic mass is 9.84. The van der Waals surface area contributed by atoms with Crippen molar-refractivity contribution in [3.8, 4) is 0 Å². The molecular weight excluding hydrogens is 318 g/mol. The normalized spacial score (nSPS) is 24.4. The summed E-state index contributed by atoms with van der Waals surface area (Å²) < 4.78 is 5.24. The number of aryl methyl sites for hydroxylation is 1. The van der Waals surface area contributed by atoms with Crippen molar-refractivity contribution in [2.24, 2.45) is 5.92 Å². The Labute approximate surface area is 150 Å². The second-order valence-electron chi connectivity index (χ2n) is 7.75. The number of hydrogen-bond donors (Lipinski definition) is 1. The molecule has 2 fully saturated rings. The van der Waals surface area contributed by atoms with Gasteiger partial charge in [0.15, 0.2) is 5.82 Å². The van der Waals surface area contributed by atoms with E-state index in [9.17, 15) is 4.79 Å². The molecule has 1 aromatic heterocycles. The van der Waals surface area contributed by atoms with Gasteiger partial charge in [-0.2, -0.15) is 4.98 Å². The molecule has 2 amide bonds. The summed E-state index contributed by atoms with van der Waals surface area (Å²) in [6.07, 6.45) is 4.97. The second kappa shape index (κ2) is 8.17. The van der Waals surface area contributed by atoms with Gasteiger partial charge in [-0.15, -0.1) is 0 Å². The third-order valence-corrected chi connectivity index (χ3v) is 5.38. The number of hydrogen-bond acceptors (Lipinski definition) is 5. The van der Waals surface area contributed by atoms with Gasteiger partial charge in [0.05, 0.1) is 0 Å². The third kappa shape index (κ3) is 4.51. The number of amides is 2. The van der Waals surface area contributed by atoms with Crippen molar-refractivity contribution in [2.75, 3.05) is 33.2 Å². The molecule has 0 aliphatic carbocycles. The van der Waals surface area contributed by atoms with Crippen molar-refractivity contribution in [2.45, 2.75) is 57.9 Å². The minimum atomic E-state index is 0.0904. The van der Waals surface area contributed by atoms with Crippen LogP contribution >= 0.6 is 0 Å². The average molecular weight is 349 g/mol. The average Bonchev–Trinajstić information content (AvgIpc) is 3.07. The highest BCUT2D eigenvalue weighted by Gasteiger charge is 2.37. The quantitative estimate of drug-likeness (QED) is 0.825. The Bertz CT molecular complexity index is 574. The Morgan fingerprint density at radius 2 is 2.20 bits per heavy atom. The van der Waals surface area contributed by atoms with Crippen molar-refractivity contribution in [1.29, 1.82) is 0 Å². The minimum absolute atomic E-state index is 0.0904. The molecule has 0 radical (unpaired) electrons. The fourth-order valence-corrected chi connectivity index (χ4v) is 3.98. The van der Waals surface area contributed by atoms with Crippen LogP contribution in [0.25, 0.3) is 0 Å². The molecule has 2 saturated heterocycles. The molecule has 3 rings (SSSR count). The van der Waals surface area contributed by atoms with Gasteiger partial charge in [0.25, 0.3) is 0 Å². The Hall–Kier alpha value is -1.63. The van der Waals surface area contributed by atoms with E-state index in [1.165, 1.54) is 6.42 Å². The topological polar surface area (TPSA) is 74.5 Å². The highest BCUT2D eigenvalue weighted by atomic mass is 16.5. The summed E-state index contributed by atoms with van der Waals surface area (Å²) in [5, 5.41) is 7.05. The van der Waals surface area contributed by atoms with Gasteiger partial charge in [0.1, 0.15) is 0 Å². The van der Waals surface area contributed by atoms with Crippen LogP contribution in [0.4, 0.5) is 4.79 Å². The number of nitrogens with one attached hydrogen (secondary N) is 1. The van der Waals surface area contributed by atoms with Crippen LogP contribution in [0.5, 0.6) is 0 Å². The first kappa shape index (κ1) is 18.2. The summed E-state index contributed by atoms with van der Waals surface area (Å²) in [7, 11) is 2.18. The Balaban J connectivity index is 1.42. The number of carbonyl (C=O) groups excluding carboxylic acids is 1. The number of fused-ring (bicyclic) bond motifs is 1. The zero-order valence-electron chi connectivity index (χ0n) is 15.7. The first-order valence-corrected chi connectivity index (χ1v) is 9.60. The number of carbonyl (C=O) groups is 1. The smallest absolute Gasteiger partial charge is 0.317 e. The maximum atomic E-state index is 12.6. The summed E-state index contributed by atoms with van der Waals surface area (Å²) in [6, 6.07) is 0.502. The van der Waals surface area contributed by atoms with E-state index >= 15 is 0 Å². The van der Waals surface area contributed by atoms with Crippen LogP contribution in [0.1, 0.15) is 57.2 Å². The van der Waals surface area contributed by atoms with E-state index in [2.05, 4.69) is 32.3 Å².